The molecule has 0 bridgehead atoms. The van der Waals surface area contributed by atoms with E-state index in [1.807, 2.05) is 0 Å². The Morgan fingerprint density at radius 2 is 2.07 bits per heavy atom. The monoisotopic (exact) mass is 409 g/mol. The highest BCUT2D eigenvalue weighted by molar-refractivity contribution is 6.07. The number of aromatic nitrogens is 2. The van der Waals surface area contributed by atoms with Gasteiger partial charge in [-0.05, 0) is 13.3 Å². The van der Waals surface area contributed by atoms with Gasteiger partial charge in [0.15, 0.2) is 5.78 Å². The van der Waals surface area contributed by atoms with Gasteiger partial charge in [0.2, 0.25) is 11.8 Å². The maximum absolute atomic E-state index is 12.8. The first-order chi connectivity index (χ1) is 13.6. The minimum Gasteiger partial charge on any atom is -0.481 e. The number of Topliss-reactive ketones (excluding diaryl/α,β-unsaturated/α-hetero) is 1. The lowest BCUT2D eigenvalue weighted by Crippen LogP contribution is -2.51. The molecule has 29 heavy (non-hydrogen) atoms. The number of aliphatic carboxylic acids is 2. The van der Waals surface area contributed by atoms with Crippen LogP contribution < -0.4 is 11.1 Å². The number of carboxylic acids is 2. The molecule has 12 heteroatoms. The highest BCUT2D eigenvalue weighted by Crippen LogP contribution is 2.24. The Morgan fingerprint density at radius 1 is 1.38 bits per heavy atom. The molecule has 4 atom stereocenters. The molecular weight excluding hydrogens is 386 g/mol. The summed E-state index contributed by atoms with van der Waals surface area (Å²) >= 11 is 0. The summed E-state index contributed by atoms with van der Waals surface area (Å²) in [5.41, 5.74) is 5.94. The van der Waals surface area contributed by atoms with Gasteiger partial charge in [0.1, 0.15) is 12.0 Å². The number of hydrogen-bond acceptors (Lipinski definition) is 7. The van der Waals surface area contributed by atoms with Crippen molar-refractivity contribution < 1.29 is 34.2 Å². The molecule has 158 valence electrons. The second-order valence-electron chi connectivity index (χ2n) is 6.86. The molecule has 12 nitrogen and oxygen atoms in total. The molecule has 0 spiro atoms. The molecular formula is C17H23N5O7. The number of likely N-dealkylation sites (tertiary alicyclic amines) is 1. The molecule has 0 aliphatic carbocycles. The highest BCUT2D eigenvalue weighted by atomic mass is 16.4. The molecule has 2 amide bonds. The van der Waals surface area contributed by atoms with Crippen LogP contribution in [0.1, 0.15) is 25.5 Å². The number of nitrogens with zero attached hydrogens (tertiary/aromatic N) is 2. The topological polar surface area (TPSA) is 196 Å². The zero-order chi connectivity index (χ0) is 21.7. The van der Waals surface area contributed by atoms with Crippen LogP contribution in [0.4, 0.5) is 0 Å². The third-order valence-corrected chi connectivity index (χ3v) is 4.66. The van der Waals surface area contributed by atoms with Crippen LogP contribution in [0.2, 0.25) is 0 Å². The first-order valence-corrected chi connectivity index (χ1v) is 8.93. The van der Waals surface area contributed by atoms with Crippen LogP contribution in [0.25, 0.3) is 0 Å². The smallest absolute Gasteiger partial charge is 0.326 e. The Morgan fingerprint density at radius 3 is 2.59 bits per heavy atom. The third kappa shape index (κ3) is 5.38. The summed E-state index contributed by atoms with van der Waals surface area (Å²) in [5.74, 6) is -6.04. The van der Waals surface area contributed by atoms with E-state index in [1.54, 1.807) is 0 Å². The Kier molecular flexibility index (Phi) is 7.04. The number of nitrogens with one attached hydrogen (secondary N) is 2. The predicted octanol–water partition coefficient (Wildman–Crippen LogP) is -1.87. The van der Waals surface area contributed by atoms with E-state index < -0.39 is 60.0 Å². The van der Waals surface area contributed by atoms with E-state index in [1.165, 1.54) is 19.4 Å². The van der Waals surface area contributed by atoms with Crippen LogP contribution in [0.3, 0.4) is 0 Å². The highest BCUT2D eigenvalue weighted by Gasteiger charge is 2.44. The minimum atomic E-state index is -1.43. The fourth-order valence-corrected chi connectivity index (χ4v) is 3.15. The van der Waals surface area contributed by atoms with E-state index in [4.69, 9.17) is 10.8 Å². The number of aromatic amines is 1. The first kappa shape index (κ1) is 22.0. The lowest BCUT2D eigenvalue weighted by Gasteiger charge is -2.25. The molecule has 1 fully saturated rings. The van der Waals surface area contributed by atoms with E-state index in [0.717, 1.165) is 4.90 Å². The van der Waals surface area contributed by atoms with E-state index in [0.29, 0.717) is 5.69 Å². The third-order valence-electron chi connectivity index (χ3n) is 4.66. The van der Waals surface area contributed by atoms with E-state index in [-0.39, 0.29) is 19.4 Å². The van der Waals surface area contributed by atoms with Gasteiger partial charge in [-0.15, -0.1) is 0 Å². The summed E-state index contributed by atoms with van der Waals surface area (Å²) in [5, 5.41) is 20.8. The number of H-pyrrole nitrogens is 1. The molecule has 1 aromatic rings. The fraction of sp³-hybridized carbons (Fsp3) is 0.529. The van der Waals surface area contributed by atoms with Crippen LogP contribution in [0.15, 0.2) is 12.5 Å². The Balaban J connectivity index is 2.16. The Hall–Kier alpha value is -3.28. The molecule has 1 aromatic heterocycles. The number of nitrogens with two attached hydrogens (primary N) is 1. The largest absolute Gasteiger partial charge is 0.481 e. The lowest BCUT2D eigenvalue weighted by atomic mass is 9.94. The minimum absolute atomic E-state index is 0.0153. The Bertz CT molecular complexity index is 792. The van der Waals surface area contributed by atoms with Crippen molar-refractivity contribution >= 4 is 29.5 Å². The number of imidazole rings is 1. The molecule has 0 unspecified atom stereocenters. The summed E-state index contributed by atoms with van der Waals surface area (Å²) in [6, 6.07) is -3.62. The maximum atomic E-state index is 12.8. The summed E-state index contributed by atoms with van der Waals surface area (Å²) < 4.78 is 0. The number of amides is 2. The predicted molar refractivity (Wildman–Crippen MR) is 96.4 cm³/mol. The van der Waals surface area contributed by atoms with Crippen LogP contribution in [-0.4, -0.2) is 79.3 Å². The zero-order valence-corrected chi connectivity index (χ0v) is 15.7. The van der Waals surface area contributed by atoms with Crippen LogP contribution in [-0.2, 0) is 30.4 Å². The van der Waals surface area contributed by atoms with Gasteiger partial charge in [-0.1, -0.05) is 0 Å². The normalized spacial score (nSPS) is 19.4. The average Bonchev–Trinajstić information content (AvgIpc) is 3.27. The van der Waals surface area contributed by atoms with Gasteiger partial charge in [0.05, 0.1) is 24.8 Å². The van der Waals surface area contributed by atoms with Crippen molar-refractivity contribution in [2.45, 2.75) is 44.3 Å². The van der Waals surface area contributed by atoms with Crippen LogP contribution >= 0.6 is 0 Å². The van der Waals surface area contributed by atoms with Crippen molar-refractivity contribution in [3.05, 3.63) is 18.2 Å². The van der Waals surface area contributed by atoms with Gasteiger partial charge in [0.25, 0.3) is 0 Å². The Labute approximate surface area is 165 Å². The maximum Gasteiger partial charge on any atom is 0.326 e. The summed E-state index contributed by atoms with van der Waals surface area (Å²) in [6.45, 7) is 1.38. The van der Waals surface area contributed by atoms with Crippen molar-refractivity contribution in [1.29, 1.82) is 0 Å². The molecule has 2 heterocycles. The second-order valence-corrected chi connectivity index (χ2v) is 6.86. The van der Waals surface area contributed by atoms with Crippen molar-refractivity contribution in [3.8, 4) is 0 Å². The summed E-state index contributed by atoms with van der Waals surface area (Å²) in [4.78, 5) is 67.8. The molecule has 1 aliphatic rings. The van der Waals surface area contributed by atoms with E-state index in [2.05, 4.69) is 15.3 Å². The number of carboxylic acid groups (broad SMARTS) is 2. The number of ketones is 1. The molecule has 1 saturated heterocycles. The van der Waals surface area contributed by atoms with Crippen LogP contribution in [0, 0.1) is 5.92 Å². The molecule has 2 rings (SSSR count). The van der Waals surface area contributed by atoms with Gasteiger partial charge >= 0.3 is 11.9 Å². The second kappa shape index (κ2) is 9.28. The molecule has 0 aromatic carbocycles. The van der Waals surface area contributed by atoms with Crippen molar-refractivity contribution in [2.24, 2.45) is 11.7 Å². The number of rotatable bonds is 10. The van der Waals surface area contributed by atoms with Gasteiger partial charge < -0.3 is 31.1 Å². The standard InChI is InChI=1S/C17H23N5O7/c1-8(18)15(26)21-11(5-13(23)24)14(25)10-2-3-22(16(10)27)12(17(28)29)4-9-6-19-7-20-9/h6-8,10-12H,2-5,18H2,1H3,(H,19,20)(H,21,26)(H,23,24)(H,28,29)/t8-,10+,11-,12-/m0/s1. The molecule has 0 radical (unpaired) electrons. The molecule has 1 aliphatic heterocycles. The van der Waals surface area contributed by atoms with Gasteiger partial charge in [-0.2, -0.15) is 0 Å². The van der Waals surface area contributed by atoms with Gasteiger partial charge in [0, 0.05) is 24.9 Å². The number of hydrogen-bond donors (Lipinski definition) is 5. The van der Waals surface area contributed by atoms with Crippen molar-refractivity contribution in [2.75, 3.05) is 6.54 Å². The number of carbonyl (C=O) groups excluding carboxylic acids is 3. The SMILES string of the molecule is C[C@H](N)C(=O)N[C@@H](CC(=O)O)C(=O)[C@H]1CCN([C@@H](Cc2cnc[nH]2)C(=O)O)C1=O. The number of carbonyl (C=O) groups is 5. The first-order valence-electron chi connectivity index (χ1n) is 8.93. The average molecular weight is 409 g/mol. The lowest BCUT2D eigenvalue weighted by molar-refractivity contribution is -0.150. The van der Waals surface area contributed by atoms with E-state index in [9.17, 15) is 29.1 Å². The van der Waals surface area contributed by atoms with Gasteiger partial charge in [-0.3, -0.25) is 19.2 Å². The van der Waals surface area contributed by atoms with Crippen molar-refractivity contribution in [1.82, 2.24) is 20.2 Å². The van der Waals surface area contributed by atoms with Gasteiger partial charge in [-0.25, -0.2) is 9.78 Å². The van der Waals surface area contributed by atoms with Crippen LogP contribution in [0.5, 0.6) is 0 Å². The van der Waals surface area contributed by atoms with E-state index >= 15 is 0 Å². The summed E-state index contributed by atoms with van der Waals surface area (Å²) in [6.07, 6.45) is 2.10. The quantitative estimate of drug-likeness (QED) is 0.275. The summed E-state index contributed by atoms with van der Waals surface area (Å²) in [7, 11) is 0. The fourth-order valence-electron chi connectivity index (χ4n) is 3.15. The molecule has 6 N–H and O–H groups in total. The van der Waals surface area contributed by atoms with Crippen molar-refractivity contribution in [3.63, 3.8) is 0 Å². The zero-order valence-electron chi connectivity index (χ0n) is 15.7. The molecule has 0 saturated carbocycles.